The molecule has 1 aromatic carbocycles. The third-order valence-corrected chi connectivity index (χ3v) is 2.91. The van der Waals surface area contributed by atoms with Crippen LogP contribution in [0.2, 0.25) is 0 Å². The number of fused-ring (bicyclic) bond motifs is 1. The van der Waals surface area contributed by atoms with Crippen LogP contribution in [-0.4, -0.2) is 22.0 Å². The van der Waals surface area contributed by atoms with Gasteiger partial charge in [-0.1, -0.05) is 18.3 Å². The molecule has 0 spiro atoms. The Morgan fingerprint density at radius 3 is 3.00 bits per heavy atom. The zero-order chi connectivity index (χ0) is 12.5. The van der Waals surface area contributed by atoms with E-state index in [0.717, 1.165) is 17.1 Å². The van der Waals surface area contributed by atoms with Crippen molar-refractivity contribution in [2.75, 3.05) is 12.5 Å². The molecule has 1 aromatic heterocycles. The number of hydrogen-bond acceptors (Lipinski definition) is 6. The Kier molecular flexibility index (Phi) is 2.60. The maximum atomic E-state index is 5.46. The topological polar surface area (TPSA) is 86.1 Å². The van der Waals surface area contributed by atoms with Crippen LogP contribution in [0.4, 0.5) is 5.95 Å². The first-order valence-electron chi connectivity index (χ1n) is 5.32. The normalized spacial score (nSPS) is 12.7. The van der Waals surface area contributed by atoms with Crippen LogP contribution in [-0.2, 0) is 6.42 Å². The minimum absolute atomic E-state index is 0.217. The van der Waals surface area contributed by atoms with Gasteiger partial charge in [-0.3, -0.25) is 0 Å². The highest BCUT2D eigenvalue weighted by Gasteiger charge is 2.13. The van der Waals surface area contributed by atoms with Crippen molar-refractivity contribution in [2.24, 2.45) is 0 Å². The average molecular weight is 262 g/mol. The van der Waals surface area contributed by atoms with Crippen molar-refractivity contribution < 1.29 is 9.47 Å². The van der Waals surface area contributed by atoms with Gasteiger partial charge in [0.15, 0.2) is 16.1 Å². The highest BCUT2D eigenvalue weighted by atomic mass is 32.1. The summed E-state index contributed by atoms with van der Waals surface area (Å²) in [6, 6.07) is 5.73. The van der Waals surface area contributed by atoms with Gasteiger partial charge in [-0.05, 0) is 17.7 Å². The Morgan fingerprint density at radius 2 is 2.17 bits per heavy atom. The number of benzene rings is 1. The lowest BCUT2D eigenvalue weighted by Crippen LogP contribution is -2.03. The van der Waals surface area contributed by atoms with Gasteiger partial charge in [0.25, 0.3) is 0 Å². The highest BCUT2D eigenvalue weighted by Crippen LogP contribution is 2.32. The fourth-order valence-electron chi connectivity index (χ4n) is 1.73. The molecule has 0 amide bonds. The van der Waals surface area contributed by atoms with Crippen LogP contribution in [0.3, 0.4) is 0 Å². The van der Waals surface area contributed by atoms with Crippen LogP contribution in [0.25, 0.3) is 0 Å². The second-order valence-electron chi connectivity index (χ2n) is 3.84. The van der Waals surface area contributed by atoms with Crippen LogP contribution < -0.4 is 15.2 Å². The van der Waals surface area contributed by atoms with E-state index in [1.165, 1.54) is 0 Å². The number of hydrogen-bond donors (Lipinski definition) is 2. The second-order valence-corrected chi connectivity index (χ2v) is 4.22. The lowest BCUT2D eigenvalue weighted by atomic mass is 10.1. The van der Waals surface area contributed by atoms with E-state index in [9.17, 15) is 0 Å². The fourth-order valence-corrected chi connectivity index (χ4v) is 1.95. The largest absolute Gasteiger partial charge is 0.454 e. The predicted molar refractivity (Wildman–Crippen MR) is 67.0 cm³/mol. The second kappa shape index (κ2) is 4.26. The number of aromatic amines is 1. The molecule has 7 heteroatoms. The summed E-state index contributed by atoms with van der Waals surface area (Å²) in [5, 5.41) is 6.69. The Hall–Kier alpha value is -2.15. The molecule has 0 atom stereocenters. The standard InChI is InChI=1S/C11H10N4O2S/c12-11-13-10(18)7(14-15-11)3-6-1-2-8-9(4-6)17-5-16-8/h1-2,4H,3,5H2,(H3,12,13,15,18). The predicted octanol–water partition coefficient (Wildman–Crippen LogP) is 1.44. The van der Waals surface area contributed by atoms with Gasteiger partial charge in [-0.2, -0.15) is 5.10 Å². The molecule has 1 aliphatic heterocycles. The molecule has 0 bridgehead atoms. The number of rotatable bonds is 2. The molecule has 2 heterocycles. The van der Waals surface area contributed by atoms with Gasteiger partial charge in [-0.15, -0.1) is 0 Å². The maximum Gasteiger partial charge on any atom is 0.231 e. The van der Waals surface area contributed by atoms with E-state index < -0.39 is 0 Å². The zero-order valence-corrected chi connectivity index (χ0v) is 10.2. The highest BCUT2D eigenvalue weighted by molar-refractivity contribution is 7.71. The molecule has 2 aromatic rings. The van der Waals surface area contributed by atoms with Crippen molar-refractivity contribution in [3.05, 3.63) is 34.1 Å². The van der Waals surface area contributed by atoms with Crippen molar-refractivity contribution in [1.82, 2.24) is 15.2 Å². The summed E-state index contributed by atoms with van der Waals surface area (Å²) in [5.74, 6) is 1.72. The minimum Gasteiger partial charge on any atom is -0.454 e. The molecule has 6 nitrogen and oxygen atoms in total. The molecule has 1 aliphatic rings. The third kappa shape index (κ3) is 2.00. The molecule has 92 valence electrons. The molecule has 0 unspecified atom stereocenters. The molecule has 0 saturated carbocycles. The molecular formula is C11H10N4O2S. The summed E-state index contributed by atoms with van der Waals surface area (Å²) >= 11 is 5.11. The summed E-state index contributed by atoms with van der Waals surface area (Å²) in [4.78, 5) is 3.96. The third-order valence-electron chi connectivity index (χ3n) is 2.58. The van der Waals surface area contributed by atoms with Crippen LogP contribution in [0, 0.1) is 4.64 Å². The van der Waals surface area contributed by atoms with Gasteiger partial charge < -0.3 is 15.2 Å². The number of nitrogens with zero attached hydrogens (tertiary/aromatic N) is 2. The molecule has 3 N–H and O–H groups in total. The average Bonchev–Trinajstić information content (AvgIpc) is 2.80. The molecule has 0 saturated heterocycles. The van der Waals surface area contributed by atoms with Crippen LogP contribution in [0.1, 0.15) is 11.3 Å². The fraction of sp³-hybridized carbons (Fsp3) is 0.182. The lowest BCUT2D eigenvalue weighted by Gasteiger charge is -2.03. The number of nitrogens with two attached hydrogens (primary N) is 1. The Morgan fingerprint density at radius 1 is 1.33 bits per heavy atom. The molecule has 3 rings (SSSR count). The SMILES string of the molecule is Nc1nc(=S)c(Cc2ccc3c(c2)OCO3)n[nH]1. The van der Waals surface area contributed by atoms with Gasteiger partial charge in [0, 0.05) is 6.42 Å². The number of ether oxygens (including phenoxy) is 2. The summed E-state index contributed by atoms with van der Waals surface area (Å²) in [6.45, 7) is 0.264. The number of anilines is 1. The quantitative estimate of drug-likeness (QED) is 0.796. The summed E-state index contributed by atoms with van der Waals surface area (Å²) in [5.41, 5.74) is 7.17. The lowest BCUT2D eigenvalue weighted by molar-refractivity contribution is 0.174. The van der Waals surface area contributed by atoms with Gasteiger partial charge in [0.05, 0.1) is 0 Å². The Labute approximate surface area is 108 Å². The van der Waals surface area contributed by atoms with E-state index in [1.807, 2.05) is 18.2 Å². The first-order valence-corrected chi connectivity index (χ1v) is 5.73. The molecular weight excluding hydrogens is 252 g/mol. The van der Waals surface area contributed by atoms with Crippen molar-refractivity contribution in [1.29, 1.82) is 0 Å². The summed E-state index contributed by atoms with van der Waals surface area (Å²) < 4.78 is 11.0. The minimum atomic E-state index is 0.217. The van der Waals surface area contributed by atoms with Crippen LogP contribution in [0.5, 0.6) is 11.5 Å². The smallest absolute Gasteiger partial charge is 0.231 e. The monoisotopic (exact) mass is 262 g/mol. The van der Waals surface area contributed by atoms with Crippen molar-refractivity contribution in [3.8, 4) is 11.5 Å². The first kappa shape index (κ1) is 11.0. The maximum absolute atomic E-state index is 5.46. The van der Waals surface area contributed by atoms with Crippen molar-refractivity contribution >= 4 is 18.2 Å². The van der Waals surface area contributed by atoms with Crippen LogP contribution in [0.15, 0.2) is 18.2 Å². The number of H-pyrrole nitrogens is 1. The first-order chi connectivity index (χ1) is 8.72. The molecule has 0 fully saturated rings. The Bertz CT molecular complexity index is 656. The van der Waals surface area contributed by atoms with E-state index in [1.54, 1.807) is 0 Å². The van der Waals surface area contributed by atoms with E-state index in [0.29, 0.717) is 16.8 Å². The summed E-state index contributed by atoms with van der Waals surface area (Å²) in [6.07, 6.45) is 0.569. The van der Waals surface area contributed by atoms with E-state index in [4.69, 9.17) is 27.4 Å². The molecule has 0 aliphatic carbocycles. The number of nitrogen functional groups attached to an aromatic ring is 1. The van der Waals surface area contributed by atoms with Crippen molar-refractivity contribution in [3.63, 3.8) is 0 Å². The summed E-state index contributed by atoms with van der Waals surface area (Å²) in [7, 11) is 0. The number of aromatic nitrogens is 3. The van der Waals surface area contributed by atoms with Gasteiger partial charge in [0.1, 0.15) is 5.69 Å². The van der Waals surface area contributed by atoms with E-state index in [-0.39, 0.29) is 12.7 Å². The number of nitrogens with one attached hydrogen (secondary N) is 1. The zero-order valence-electron chi connectivity index (χ0n) is 9.34. The molecule has 0 radical (unpaired) electrons. The van der Waals surface area contributed by atoms with Gasteiger partial charge in [0.2, 0.25) is 12.7 Å². The van der Waals surface area contributed by atoms with E-state index >= 15 is 0 Å². The molecule has 18 heavy (non-hydrogen) atoms. The Balaban J connectivity index is 1.90. The van der Waals surface area contributed by atoms with Crippen LogP contribution >= 0.6 is 12.2 Å². The van der Waals surface area contributed by atoms with E-state index in [2.05, 4.69) is 15.2 Å². The van der Waals surface area contributed by atoms with Crippen molar-refractivity contribution in [2.45, 2.75) is 6.42 Å². The van der Waals surface area contributed by atoms with Gasteiger partial charge >= 0.3 is 0 Å². The van der Waals surface area contributed by atoms with Gasteiger partial charge in [-0.25, -0.2) is 10.1 Å².